The highest BCUT2D eigenvalue weighted by molar-refractivity contribution is 9.10. The summed E-state index contributed by atoms with van der Waals surface area (Å²) in [6.45, 7) is 0. The maximum Gasteiger partial charge on any atom is 0.141 e. The van der Waals surface area contributed by atoms with E-state index in [1.165, 1.54) is 6.33 Å². The van der Waals surface area contributed by atoms with Gasteiger partial charge in [0.25, 0.3) is 0 Å². The van der Waals surface area contributed by atoms with E-state index in [1.54, 1.807) is 18.2 Å². The first-order valence-electron chi connectivity index (χ1n) is 5.69. The molecule has 0 radical (unpaired) electrons. The Morgan fingerprint density at radius 2 is 1.95 bits per heavy atom. The third kappa shape index (κ3) is 2.51. The van der Waals surface area contributed by atoms with Gasteiger partial charge in [0.05, 0.1) is 5.52 Å². The van der Waals surface area contributed by atoms with E-state index in [2.05, 4.69) is 31.2 Å². The summed E-state index contributed by atoms with van der Waals surface area (Å²) in [5, 5.41) is 13.6. The molecule has 0 atom stereocenters. The minimum Gasteiger partial charge on any atom is -0.508 e. The van der Waals surface area contributed by atoms with Crippen molar-refractivity contribution in [1.29, 1.82) is 0 Å². The zero-order chi connectivity index (χ0) is 13.2. The molecule has 4 nitrogen and oxygen atoms in total. The summed E-state index contributed by atoms with van der Waals surface area (Å²) in [7, 11) is 0. The number of aromatic nitrogens is 2. The predicted octanol–water partition coefficient (Wildman–Crippen LogP) is 3.84. The van der Waals surface area contributed by atoms with E-state index in [-0.39, 0.29) is 5.75 Å². The fraction of sp³-hybridized carbons (Fsp3) is 0. The summed E-state index contributed by atoms with van der Waals surface area (Å²) in [6, 6.07) is 12.7. The van der Waals surface area contributed by atoms with Crippen molar-refractivity contribution in [3.8, 4) is 5.75 Å². The van der Waals surface area contributed by atoms with E-state index in [9.17, 15) is 5.11 Å². The molecule has 0 fully saturated rings. The van der Waals surface area contributed by atoms with Gasteiger partial charge >= 0.3 is 0 Å². The molecule has 0 spiro atoms. The molecule has 0 amide bonds. The Bertz CT molecular complexity index is 746. The van der Waals surface area contributed by atoms with Crippen LogP contribution in [0.4, 0.5) is 11.5 Å². The van der Waals surface area contributed by atoms with E-state index in [1.807, 2.05) is 24.3 Å². The second-order valence-electron chi connectivity index (χ2n) is 4.06. The highest BCUT2D eigenvalue weighted by Gasteiger charge is 2.05. The molecule has 3 aromatic rings. The van der Waals surface area contributed by atoms with Crippen molar-refractivity contribution in [1.82, 2.24) is 9.97 Å². The van der Waals surface area contributed by atoms with Gasteiger partial charge in [-0.15, -0.1) is 0 Å². The van der Waals surface area contributed by atoms with Crippen LogP contribution in [0, 0.1) is 0 Å². The van der Waals surface area contributed by atoms with Crippen molar-refractivity contribution < 1.29 is 5.11 Å². The van der Waals surface area contributed by atoms with Gasteiger partial charge in [0.1, 0.15) is 17.9 Å². The van der Waals surface area contributed by atoms with E-state index in [0.29, 0.717) is 5.82 Å². The first-order chi connectivity index (χ1) is 9.22. The summed E-state index contributed by atoms with van der Waals surface area (Å²) < 4.78 is 0.966. The van der Waals surface area contributed by atoms with Crippen LogP contribution in [0.25, 0.3) is 10.9 Å². The molecule has 0 aliphatic carbocycles. The number of aromatic hydroxyl groups is 1. The zero-order valence-electron chi connectivity index (χ0n) is 9.84. The van der Waals surface area contributed by atoms with Crippen LogP contribution in [0.5, 0.6) is 5.75 Å². The van der Waals surface area contributed by atoms with Crippen molar-refractivity contribution >= 4 is 38.3 Å². The molecule has 0 unspecified atom stereocenters. The molecule has 0 aliphatic heterocycles. The van der Waals surface area contributed by atoms with Gasteiger partial charge in [-0.25, -0.2) is 9.97 Å². The largest absolute Gasteiger partial charge is 0.508 e. The van der Waals surface area contributed by atoms with Crippen LogP contribution >= 0.6 is 15.9 Å². The Morgan fingerprint density at radius 3 is 2.79 bits per heavy atom. The van der Waals surface area contributed by atoms with Crippen molar-refractivity contribution in [2.24, 2.45) is 0 Å². The smallest absolute Gasteiger partial charge is 0.141 e. The van der Waals surface area contributed by atoms with Crippen LogP contribution in [-0.4, -0.2) is 15.1 Å². The molecular weight excluding hydrogens is 306 g/mol. The predicted molar refractivity (Wildman–Crippen MR) is 78.6 cm³/mol. The van der Waals surface area contributed by atoms with Crippen LogP contribution in [0.1, 0.15) is 0 Å². The van der Waals surface area contributed by atoms with Crippen LogP contribution in [0.3, 0.4) is 0 Å². The average molecular weight is 316 g/mol. The highest BCUT2D eigenvalue weighted by atomic mass is 79.9. The lowest BCUT2D eigenvalue weighted by atomic mass is 10.2. The number of halogens is 1. The van der Waals surface area contributed by atoms with Crippen LogP contribution in [0.15, 0.2) is 53.3 Å². The van der Waals surface area contributed by atoms with Crippen LogP contribution in [0.2, 0.25) is 0 Å². The SMILES string of the molecule is Oc1cccc(Nc2ncnc3ccc(Br)cc23)c1. The first kappa shape index (κ1) is 11.9. The molecule has 0 aliphatic rings. The molecule has 3 rings (SSSR count). The van der Waals surface area contributed by atoms with Crippen LogP contribution < -0.4 is 5.32 Å². The van der Waals surface area contributed by atoms with E-state index in [0.717, 1.165) is 21.1 Å². The van der Waals surface area contributed by atoms with Gasteiger partial charge in [-0.2, -0.15) is 0 Å². The van der Waals surface area contributed by atoms with Gasteiger partial charge in [0, 0.05) is 21.6 Å². The molecule has 1 heterocycles. The Hall–Kier alpha value is -2.14. The highest BCUT2D eigenvalue weighted by Crippen LogP contribution is 2.26. The average Bonchev–Trinajstić information content (AvgIpc) is 2.39. The summed E-state index contributed by atoms with van der Waals surface area (Å²) in [4.78, 5) is 8.47. The molecule has 1 aromatic heterocycles. The number of phenols is 1. The number of hydrogen-bond acceptors (Lipinski definition) is 4. The first-order valence-corrected chi connectivity index (χ1v) is 6.48. The number of nitrogens with zero attached hydrogens (tertiary/aromatic N) is 2. The molecule has 0 bridgehead atoms. The number of fused-ring (bicyclic) bond motifs is 1. The van der Waals surface area contributed by atoms with Crippen molar-refractivity contribution in [2.45, 2.75) is 0 Å². The summed E-state index contributed by atoms with van der Waals surface area (Å²) in [6.07, 6.45) is 1.52. The monoisotopic (exact) mass is 315 g/mol. The summed E-state index contributed by atoms with van der Waals surface area (Å²) in [5.74, 6) is 0.918. The molecule has 2 aromatic carbocycles. The number of anilines is 2. The van der Waals surface area contributed by atoms with Crippen LogP contribution in [-0.2, 0) is 0 Å². The lowest BCUT2D eigenvalue weighted by Gasteiger charge is -2.08. The number of nitrogens with one attached hydrogen (secondary N) is 1. The minimum atomic E-state index is 0.213. The lowest BCUT2D eigenvalue weighted by molar-refractivity contribution is 0.475. The van der Waals surface area contributed by atoms with Gasteiger partial charge in [-0.05, 0) is 30.3 Å². The Balaban J connectivity index is 2.07. The topological polar surface area (TPSA) is 58.0 Å². The lowest BCUT2D eigenvalue weighted by Crippen LogP contribution is -1.95. The van der Waals surface area contributed by atoms with Crippen molar-refractivity contribution in [2.75, 3.05) is 5.32 Å². The Labute approximate surface area is 118 Å². The summed E-state index contributed by atoms with van der Waals surface area (Å²) in [5.41, 5.74) is 1.64. The second-order valence-corrected chi connectivity index (χ2v) is 4.97. The number of hydrogen-bond donors (Lipinski definition) is 2. The van der Waals surface area contributed by atoms with E-state index >= 15 is 0 Å². The Kier molecular flexibility index (Phi) is 3.05. The molecular formula is C14H10BrN3O. The standard InChI is InChI=1S/C14H10BrN3O/c15-9-4-5-13-12(6-9)14(17-8-16-13)18-10-2-1-3-11(19)7-10/h1-8,19H,(H,16,17,18). The van der Waals surface area contributed by atoms with Gasteiger partial charge in [0.2, 0.25) is 0 Å². The normalized spacial score (nSPS) is 10.6. The number of rotatable bonds is 2. The Morgan fingerprint density at radius 1 is 1.05 bits per heavy atom. The third-order valence-corrected chi connectivity index (χ3v) is 3.20. The van der Waals surface area contributed by atoms with Gasteiger partial charge in [-0.1, -0.05) is 22.0 Å². The maximum absolute atomic E-state index is 9.47. The summed E-state index contributed by atoms with van der Waals surface area (Å²) >= 11 is 3.44. The van der Waals surface area contributed by atoms with Gasteiger partial charge < -0.3 is 10.4 Å². The molecule has 0 saturated carbocycles. The second kappa shape index (κ2) is 4.85. The fourth-order valence-corrected chi connectivity index (χ4v) is 2.21. The zero-order valence-corrected chi connectivity index (χ0v) is 11.4. The number of phenolic OH excluding ortho intramolecular Hbond substituents is 1. The fourth-order valence-electron chi connectivity index (χ4n) is 1.85. The maximum atomic E-state index is 9.47. The minimum absolute atomic E-state index is 0.213. The third-order valence-electron chi connectivity index (χ3n) is 2.71. The molecule has 5 heteroatoms. The number of benzene rings is 2. The molecule has 2 N–H and O–H groups in total. The van der Waals surface area contributed by atoms with E-state index < -0.39 is 0 Å². The molecule has 94 valence electrons. The van der Waals surface area contributed by atoms with Gasteiger partial charge in [-0.3, -0.25) is 0 Å². The quantitative estimate of drug-likeness (QED) is 0.754. The van der Waals surface area contributed by atoms with E-state index in [4.69, 9.17) is 0 Å². The van der Waals surface area contributed by atoms with Gasteiger partial charge in [0.15, 0.2) is 0 Å². The van der Waals surface area contributed by atoms with Crippen molar-refractivity contribution in [3.05, 3.63) is 53.3 Å². The molecule has 0 saturated heterocycles. The van der Waals surface area contributed by atoms with Crippen molar-refractivity contribution in [3.63, 3.8) is 0 Å². The molecule has 19 heavy (non-hydrogen) atoms.